The van der Waals surface area contributed by atoms with Gasteiger partial charge in [-0.2, -0.15) is 0 Å². The summed E-state index contributed by atoms with van der Waals surface area (Å²) in [4.78, 5) is 0. The molecule has 1 fully saturated rings. The third kappa shape index (κ3) is 6.05. The second-order valence-electron chi connectivity index (χ2n) is 5.40. The fraction of sp³-hybridized carbons (Fsp3) is 0.857. The Balaban J connectivity index is 2.70. The molecule has 3 nitrogen and oxygen atoms in total. The van der Waals surface area contributed by atoms with Crippen molar-refractivity contribution in [3.05, 3.63) is 0 Å². The minimum atomic E-state index is -3.26. The number of rotatable bonds is 4. The molecular formula is C14H25O3P. The summed E-state index contributed by atoms with van der Waals surface area (Å²) in [5.74, 6) is 3.47. The lowest BCUT2D eigenvalue weighted by Gasteiger charge is -2.19. The second kappa shape index (κ2) is 7.34. The average molecular weight is 272 g/mol. The molecular weight excluding hydrogens is 247 g/mol. The molecule has 0 radical (unpaired) electrons. The molecule has 0 amide bonds. The van der Waals surface area contributed by atoms with Crippen molar-refractivity contribution >= 4 is 7.60 Å². The van der Waals surface area contributed by atoms with Crippen LogP contribution in [0.15, 0.2) is 0 Å². The van der Waals surface area contributed by atoms with Gasteiger partial charge >= 0.3 is 7.60 Å². The molecule has 0 atom stereocenters. The van der Waals surface area contributed by atoms with E-state index in [1.807, 2.05) is 27.7 Å². The first-order valence-electron chi connectivity index (χ1n) is 6.91. The van der Waals surface area contributed by atoms with E-state index < -0.39 is 7.60 Å². The molecule has 1 rings (SSSR count). The molecule has 0 aliphatic heterocycles. The van der Waals surface area contributed by atoms with Gasteiger partial charge in [-0.25, -0.2) is 4.57 Å². The predicted octanol–water partition coefficient (Wildman–Crippen LogP) is 4.57. The van der Waals surface area contributed by atoms with Gasteiger partial charge in [-0.3, -0.25) is 9.05 Å². The smallest absolute Gasteiger partial charge is 0.297 e. The van der Waals surface area contributed by atoms with Crippen molar-refractivity contribution in [3.63, 3.8) is 0 Å². The summed E-state index contributed by atoms with van der Waals surface area (Å²) in [6.45, 7) is 7.38. The Kier molecular flexibility index (Phi) is 6.43. The molecule has 0 bridgehead atoms. The van der Waals surface area contributed by atoms with E-state index in [0.717, 1.165) is 12.8 Å². The van der Waals surface area contributed by atoms with Gasteiger partial charge in [0, 0.05) is 11.6 Å². The molecule has 0 spiro atoms. The topological polar surface area (TPSA) is 35.5 Å². The van der Waals surface area contributed by atoms with Crippen LogP contribution in [-0.4, -0.2) is 12.2 Å². The van der Waals surface area contributed by atoms with Gasteiger partial charge < -0.3 is 0 Å². The van der Waals surface area contributed by atoms with Crippen molar-refractivity contribution < 1.29 is 13.6 Å². The van der Waals surface area contributed by atoms with Gasteiger partial charge in [0.25, 0.3) is 0 Å². The largest absolute Gasteiger partial charge is 0.406 e. The Morgan fingerprint density at radius 3 is 1.94 bits per heavy atom. The van der Waals surface area contributed by atoms with Crippen molar-refractivity contribution in [2.24, 2.45) is 5.92 Å². The van der Waals surface area contributed by atoms with E-state index in [1.165, 1.54) is 19.3 Å². The zero-order valence-corrected chi connectivity index (χ0v) is 12.8. The molecule has 104 valence electrons. The first-order valence-corrected chi connectivity index (χ1v) is 8.45. The zero-order valence-electron chi connectivity index (χ0n) is 11.9. The van der Waals surface area contributed by atoms with Crippen molar-refractivity contribution in [3.8, 4) is 11.6 Å². The number of hydrogen-bond donors (Lipinski definition) is 0. The molecule has 0 aromatic rings. The summed E-state index contributed by atoms with van der Waals surface area (Å²) in [6, 6.07) is 0. The normalized spacial score (nSPS) is 17.9. The maximum Gasteiger partial charge on any atom is 0.406 e. The molecule has 0 saturated heterocycles. The molecule has 0 N–H and O–H groups in total. The molecule has 0 unspecified atom stereocenters. The lowest BCUT2D eigenvalue weighted by atomic mass is 9.90. The molecule has 0 aromatic heterocycles. The van der Waals surface area contributed by atoms with E-state index in [2.05, 4.69) is 11.6 Å². The van der Waals surface area contributed by atoms with Crippen LogP contribution >= 0.6 is 7.60 Å². The fourth-order valence-corrected chi connectivity index (χ4v) is 3.66. The van der Waals surface area contributed by atoms with Gasteiger partial charge in [0.05, 0.1) is 12.2 Å². The SMILES string of the molecule is CC(C)OP(=O)(C#CC1CCCCC1)OC(C)C. The van der Waals surface area contributed by atoms with Crippen molar-refractivity contribution in [1.29, 1.82) is 0 Å². The van der Waals surface area contributed by atoms with Gasteiger partial charge in [-0.1, -0.05) is 25.2 Å². The van der Waals surface area contributed by atoms with Crippen molar-refractivity contribution in [2.45, 2.75) is 72.0 Å². The summed E-state index contributed by atoms with van der Waals surface area (Å²) in [7, 11) is -3.26. The van der Waals surface area contributed by atoms with Crippen LogP contribution in [0.3, 0.4) is 0 Å². The van der Waals surface area contributed by atoms with E-state index in [9.17, 15) is 4.57 Å². The third-order valence-electron chi connectivity index (χ3n) is 2.71. The van der Waals surface area contributed by atoms with E-state index in [0.29, 0.717) is 5.92 Å². The van der Waals surface area contributed by atoms with Crippen LogP contribution in [0.25, 0.3) is 0 Å². The highest BCUT2D eigenvalue weighted by atomic mass is 31.2. The van der Waals surface area contributed by atoms with Crippen LogP contribution in [0.5, 0.6) is 0 Å². The third-order valence-corrected chi connectivity index (χ3v) is 4.51. The summed E-state index contributed by atoms with van der Waals surface area (Å²) in [5.41, 5.74) is 2.79. The summed E-state index contributed by atoms with van der Waals surface area (Å²) < 4.78 is 23.3. The molecule has 1 aliphatic carbocycles. The summed E-state index contributed by atoms with van der Waals surface area (Å²) >= 11 is 0. The second-order valence-corrected chi connectivity index (χ2v) is 7.04. The molecule has 18 heavy (non-hydrogen) atoms. The zero-order chi connectivity index (χ0) is 13.6. The Morgan fingerprint density at radius 1 is 1.00 bits per heavy atom. The quantitative estimate of drug-likeness (QED) is 0.555. The lowest BCUT2D eigenvalue weighted by Crippen LogP contribution is -2.07. The van der Waals surface area contributed by atoms with Crippen LogP contribution in [0, 0.1) is 17.5 Å². The Hall–Kier alpha value is -0.290. The lowest BCUT2D eigenvalue weighted by molar-refractivity contribution is 0.150. The van der Waals surface area contributed by atoms with Crippen LogP contribution in [0.4, 0.5) is 0 Å². The van der Waals surface area contributed by atoms with E-state index in [1.54, 1.807) is 0 Å². The fourth-order valence-electron chi connectivity index (χ4n) is 2.05. The highest BCUT2D eigenvalue weighted by Gasteiger charge is 2.25. The predicted molar refractivity (Wildman–Crippen MR) is 74.4 cm³/mol. The highest BCUT2D eigenvalue weighted by molar-refractivity contribution is 7.59. The maximum absolute atomic E-state index is 12.5. The van der Waals surface area contributed by atoms with Gasteiger partial charge in [0.15, 0.2) is 0 Å². The molecule has 0 heterocycles. The Labute approximate surface area is 111 Å². The van der Waals surface area contributed by atoms with E-state index in [4.69, 9.17) is 9.05 Å². The van der Waals surface area contributed by atoms with Crippen molar-refractivity contribution in [2.75, 3.05) is 0 Å². The first-order chi connectivity index (χ1) is 8.41. The monoisotopic (exact) mass is 272 g/mol. The molecule has 4 heteroatoms. The van der Waals surface area contributed by atoms with Crippen LogP contribution in [-0.2, 0) is 13.6 Å². The summed E-state index contributed by atoms with van der Waals surface area (Å²) in [5, 5.41) is 0. The van der Waals surface area contributed by atoms with Gasteiger partial charge in [-0.05, 0) is 40.5 Å². The van der Waals surface area contributed by atoms with Crippen LogP contribution in [0.1, 0.15) is 59.8 Å². The number of hydrogen-bond acceptors (Lipinski definition) is 3. The standard InChI is InChI=1S/C14H25O3P/c1-12(2)16-18(15,17-13(3)4)11-10-14-8-6-5-7-9-14/h12-14H,5-9H2,1-4H3. The van der Waals surface area contributed by atoms with Gasteiger partial charge in [-0.15, -0.1) is 0 Å². The van der Waals surface area contributed by atoms with Gasteiger partial charge in [0.2, 0.25) is 0 Å². The van der Waals surface area contributed by atoms with E-state index in [-0.39, 0.29) is 12.2 Å². The average Bonchev–Trinajstić information content (AvgIpc) is 2.26. The minimum absolute atomic E-state index is 0.143. The highest BCUT2D eigenvalue weighted by Crippen LogP contribution is 2.49. The first kappa shape index (κ1) is 15.8. The molecule has 1 aliphatic rings. The Bertz CT molecular complexity index is 332. The molecule has 1 saturated carbocycles. The summed E-state index contributed by atoms with van der Waals surface area (Å²) in [6.07, 6.45) is 5.66. The Morgan fingerprint density at radius 2 is 1.50 bits per heavy atom. The molecule has 0 aromatic carbocycles. The van der Waals surface area contributed by atoms with Crippen LogP contribution < -0.4 is 0 Å². The minimum Gasteiger partial charge on any atom is -0.297 e. The van der Waals surface area contributed by atoms with Crippen LogP contribution in [0.2, 0.25) is 0 Å². The van der Waals surface area contributed by atoms with Gasteiger partial charge in [0.1, 0.15) is 0 Å². The van der Waals surface area contributed by atoms with Crippen molar-refractivity contribution in [1.82, 2.24) is 0 Å². The van der Waals surface area contributed by atoms with E-state index >= 15 is 0 Å². The maximum atomic E-state index is 12.5.